The highest BCUT2D eigenvalue weighted by Gasteiger charge is 2.30. The van der Waals surface area contributed by atoms with Crippen LogP contribution in [0.2, 0.25) is 0 Å². The van der Waals surface area contributed by atoms with E-state index in [1.54, 1.807) is 25.1 Å². The average Bonchev–Trinajstić information content (AvgIpc) is 2.59. The second kappa shape index (κ2) is 2.87. The highest BCUT2D eigenvalue weighted by Crippen LogP contribution is 2.25. The average molecular weight is 194 g/mol. The topological polar surface area (TPSA) is 51.1 Å². The van der Waals surface area contributed by atoms with Gasteiger partial charge < -0.3 is 9.68 Å². The molecule has 0 saturated heterocycles. The van der Waals surface area contributed by atoms with Crippen molar-refractivity contribution >= 4 is 11.7 Å². The molecule has 0 aromatic carbocycles. The Bertz CT molecular complexity index is 393. The Balaban J connectivity index is 2.43. The standard InChI is InChI=1S/C9H10N2O3/c1-5-4-7(14-11(5)3)8-6(2)10-13-9(8)12/h4H,1-3H3/b8-7-. The lowest BCUT2D eigenvalue weighted by Gasteiger charge is -2.11. The zero-order chi connectivity index (χ0) is 10.3. The zero-order valence-electron chi connectivity index (χ0n) is 8.20. The number of carbonyl (C=O) groups excluding carboxylic acids is 1. The van der Waals surface area contributed by atoms with Gasteiger partial charge in [0.05, 0.1) is 11.4 Å². The molecule has 0 aromatic rings. The second-order valence-corrected chi connectivity index (χ2v) is 3.17. The van der Waals surface area contributed by atoms with Crippen LogP contribution in [-0.2, 0) is 14.5 Å². The lowest BCUT2D eigenvalue weighted by molar-refractivity contribution is -0.137. The summed E-state index contributed by atoms with van der Waals surface area (Å²) in [4.78, 5) is 21.1. The first-order valence-corrected chi connectivity index (χ1v) is 4.20. The first-order chi connectivity index (χ1) is 6.59. The maximum atomic E-state index is 11.3. The van der Waals surface area contributed by atoms with Crippen molar-refractivity contribution in [1.29, 1.82) is 0 Å². The fourth-order valence-corrected chi connectivity index (χ4v) is 1.27. The lowest BCUT2D eigenvalue weighted by atomic mass is 10.1. The molecule has 5 heteroatoms. The minimum atomic E-state index is -0.461. The molecular weight excluding hydrogens is 184 g/mol. The molecule has 0 unspecified atom stereocenters. The Labute approximate surface area is 81.2 Å². The molecule has 0 atom stereocenters. The summed E-state index contributed by atoms with van der Waals surface area (Å²) in [6.45, 7) is 3.60. The minimum absolute atomic E-state index is 0.397. The van der Waals surface area contributed by atoms with Crippen molar-refractivity contribution in [3.05, 3.63) is 23.1 Å². The van der Waals surface area contributed by atoms with Crippen LogP contribution in [0.15, 0.2) is 28.3 Å². The molecule has 0 radical (unpaired) electrons. The van der Waals surface area contributed by atoms with Crippen LogP contribution in [0.4, 0.5) is 0 Å². The molecule has 5 nitrogen and oxygen atoms in total. The number of oxime groups is 1. The second-order valence-electron chi connectivity index (χ2n) is 3.17. The third-order valence-corrected chi connectivity index (χ3v) is 2.15. The van der Waals surface area contributed by atoms with Gasteiger partial charge in [-0.05, 0) is 13.8 Å². The number of hydrogen-bond acceptors (Lipinski definition) is 5. The molecule has 0 spiro atoms. The molecule has 0 aromatic heterocycles. The van der Waals surface area contributed by atoms with Crippen molar-refractivity contribution in [3.63, 3.8) is 0 Å². The van der Waals surface area contributed by atoms with Crippen molar-refractivity contribution in [2.75, 3.05) is 7.05 Å². The summed E-state index contributed by atoms with van der Waals surface area (Å²) < 4.78 is 0. The van der Waals surface area contributed by atoms with Crippen LogP contribution < -0.4 is 0 Å². The zero-order valence-corrected chi connectivity index (χ0v) is 8.20. The molecule has 0 amide bonds. The van der Waals surface area contributed by atoms with E-state index in [4.69, 9.17) is 4.84 Å². The van der Waals surface area contributed by atoms with Gasteiger partial charge in [-0.3, -0.25) is 0 Å². The van der Waals surface area contributed by atoms with Crippen molar-refractivity contribution in [2.45, 2.75) is 13.8 Å². The van der Waals surface area contributed by atoms with Gasteiger partial charge in [0.15, 0.2) is 5.76 Å². The van der Waals surface area contributed by atoms with E-state index >= 15 is 0 Å². The van der Waals surface area contributed by atoms with Crippen molar-refractivity contribution in [3.8, 4) is 0 Å². The van der Waals surface area contributed by atoms with Crippen LogP contribution in [0, 0.1) is 0 Å². The van der Waals surface area contributed by atoms with E-state index in [1.807, 2.05) is 6.92 Å². The van der Waals surface area contributed by atoms with Crippen LogP contribution >= 0.6 is 0 Å². The van der Waals surface area contributed by atoms with Crippen LogP contribution in [0.5, 0.6) is 0 Å². The van der Waals surface area contributed by atoms with Crippen LogP contribution in [-0.4, -0.2) is 23.8 Å². The van der Waals surface area contributed by atoms with E-state index in [2.05, 4.69) is 9.99 Å². The van der Waals surface area contributed by atoms with E-state index in [0.29, 0.717) is 17.0 Å². The molecule has 0 N–H and O–H groups in total. The van der Waals surface area contributed by atoms with Crippen molar-refractivity contribution in [2.24, 2.45) is 5.16 Å². The van der Waals surface area contributed by atoms with E-state index < -0.39 is 5.97 Å². The molecule has 0 saturated carbocycles. The predicted octanol–water partition coefficient (Wildman–Crippen LogP) is 0.954. The molecule has 2 aliphatic heterocycles. The Kier molecular flexibility index (Phi) is 1.80. The molecular formula is C9H10N2O3. The summed E-state index contributed by atoms with van der Waals surface area (Å²) in [7, 11) is 1.77. The van der Waals surface area contributed by atoms with Crippen molar-refractivity contribution < 1.29 is 14.5 Å². The molecule has 14 heavy (non-hydrogen) atoms. The highest BCUT2D eigenvalue weighted by atomic mass is 16.7. The van der Waals surface area contributed by atoms with Crippen LogP contribution in [0.1, 0.15) is 13.8 Å². The summed E-state index contributed by atoms with van der Waals surface area (Å²) in [6, 6.07) is 0. The molecule has 0 bridgehead atoms. The van der Waals surface area contributed by atoms with E-state index in [-0.39, 0.29) is 0 Å². The monoisotopic (exact) mass is 194 g/mol. The predicted molar refractivity (Wildman–Crippen MR) is 48.8 cm³/mol. The van der Waals surface area contributed by atoms with Gasteiger partial charge in [0.25, 0.3) is 0 Å². The molecule has 2 aliphatic rings. The number of hydrogen-bond donors (Lipinski definition) is 0. The van der Waals surface area contributed by atoms with Crippen molar-refractivity contribution in [1.82, 2.24) is 5.06 Å². The fraction of sp³-hybridized carbons (Fsp3) is 0.333. The molecule has 2 heterocycles. The Hall–Kier alpha value is -1.78. The van der Waals surface area contributed by atoms with E-state index in [0.717, 1.165) is 5.70 Å². The normalized spacial score (nSPS) is 25.9. The third kappa shape index (κ3) is 1.17. The van der Waals surface area contributed by atoms with Gasteiger partial charge in [-0.15, -0.1) is 0 Å². The Morgan fingerprint density at radius 3 is 2.57 bits per heavy atom. The number of allylic oxidation sites excluding steroid dienone is 2. The number of nitrogens with zero attached hydrogens (tertiary/aromatic N) is 2. The Morgan fingerprint density at radius 2 is 2.14 bits per heavy atom. The van der Waals surface area contributed by atoms with Crippen LogP contribution in [0.3, 0.4) is 0 Å². The summed E-state index contributed by atoms with van der Waals surface area (Å²) in [5.41, 5.74) is 1.87. The fourth-order valence-electron chi connectivity index (χ4n) is 1.27. The minimum Gasteiger partial charge on any atom is -0.379 e. The first-order valence-electron chi connectivity index (χ1n) is 4.20. The summed E-state index contributed by atoms with van der Waals surface area (Å²) in [5.74, 6) is 0.0330. The van der Waals surface area contributed by atoms with E-state index in [9.17, 15) is 4.79 Å². The smallest absolute Gasteiger partial charge is 0.371 e. The summed E-state index contributed by atoms with van der Waals surface area (Å²) >= 11 is 0. The Morgan fingerprint density at radius 1 is 1.43 bits per heavy atom. The number of rotatable bonds is 0. The molecule has 2 rings (SSSR count). The van der Waals surface area contributed by atoms with Gasteiger partial charge in [-0.25, -0.2) is 9.86 Å². The van der Waals surface area contributed by atoms with Gasteiger partial charge in [0.1, 0.15) is 5.57 Å². The SMILES string of the molecule is CC1=C/C(=C2/C(=O)ON=C2C)ON1C. The molecule has 74 valence electrons. The van der Waals surface area contributed by atoms with E-state index in [1.165, 1.54) is 0 Å². The quantitative estimate of drug-likeness (QED) is 0.425. The maximum absolute atomic E-state index is 11.3. The number of carbonyl (C=O) groups is 1. The number of hydroxylamine groups is 2. The highest BCUT2D eigenvalue weighted by molar-refractivity contribution is 6.21. The van der Waals surface area contributed by atoms with Gasteiger partial charge >= 0.3 is 5.97 Å². The molecule has 0 fully saturated rings. The lowest BCUT2D eigenvalue weighted by Crippen LogP contribution is -2.12. The summed E-state index contributed by atoms with van der Waals surface area (Å²) in [6.07, 6.45) is 1.78. The van der Waals surface area contributed by atoms with Crippen LogP contribution in [0.25, 0.3) is 0 Å². The van der Waals surface area contributed by atoms with Gasteiger partial charge in [0, 0.05) is 13.1 Å². The third-order valence-electron chi connectivity index (χ3n) is 2.15. The largest absolute Gasteiger partial charge is 0.379 e. The first kappa shape index (κ1) is 8.80. The summed E-state index contributed by atoms with van der Waals surface area (Å²) in [5, 5.41) is 5.16. The maximum Gasteiger partial charge on any atom is 0.371 e. The van der Waals surface area contributed by atoms with Gasteiger partial charge in [0.2, 0.25) is 0 Å². The molecule has 0 aliphatic carbocycles. The van der Waals surface area contributed by atoms with Gasteiger partial charge in [-0.1, -0.05) is 5.16 Å². The van der Waals surface area contributed by atoms with Gasteiger partial charge in [-0.2, -0.15) is 0 Å².